The number of ether oxygens (including phenoxy) is 1. The first-order valence-corrected chi connectivity index (χ1v) is 9.42. The van der Waals surface area contributed by atoms with Gasteiger partial charge in [0, 0.05) is 18.1 Å². The molecule has 21 heavy (non-hydrogen) atoms. The molecular formula is C12H14BrNO5S2. The van der Waals surface area contributed by atoms with E-state index in [1.54, 1.807) is 0 Å². The molecule has 1 saturated heterocycles. The maximum Gasteiger partial charge on any atom is 0.322 e. The molecule has 1 aromatic rings. The van der Waals surface area contributed by atoms with Gasteiger partial charge in [-0.05, 0) is 34.1 Å². The third kappa shape index (κ3) is 3.36. The van der Waals surface area contributed by atoms with Crippen molar-refractivity contribution in [3.8, 4) is 5.75 Å². The number of carboxylic acid groups (broad SMARTS) is 1. The third-order valence-corrected chi connectivity index (χ3v) is 6.64. The Morgan fingerprint density at radius 3 is 2.81 bits per heavy atom. The molecule has 1 N–H and O–H groups in total. The second-order valence-corrected chi connectivity index (χ2v) is 8.24. The zero-order valence-electron chi connectivity index (χ0n) is 11.2. The van der Waals surface area contributed by atoms with Crippen LogP contribution in [0.3, 0.4) is 0 Å². The van der Waals surface area contributed by atoms with Crippen LogP contribution < -0.4 is 4.74 Å². The Morgan fingerprint density at radius 1 is 1.52 bits per heavy atom. The lowest BCUT2D eigenvalue weighted by molar-refractivity contribution is -0.140. The molecule has 0 spiro atoms. The molecule has 9 heteroatoms. The first-order valence-electron chi connectivity index (χ1n) is 6.04. The summed E-state index contributed by atoms with van der Waals surface area (Å²) < 4.78 is 31.9. The van der Waals surface area contributed by atoms with Crippen molar-refractivity contribution in [3.63, 3.8) is 0 Å². The van der Waals surface area contributed by atoms with Gasteiger partial charge in [-0.2, -0.15) is 16.1 Å². The summed E-state index contributed by atoms with van der Waals surface area (Å²) in [5, 5.41) is 9.21. The zero-order chi connectivity index (χ0) is 15.6. The van der Waals surface area contributed by atoms with Crippen molar-refractivity contribution in [2.45, 2.75) is 10.9 Å². The molecule has 0 radical (unpaired) electrons. The highest BCUT2D eigenvalue weighted by Gasteiger charge is 2.38. The Kier molecular flexibility index (Phi) is 5.18. The fraction of sp³-hybridized carbons (Fsp3) is 0.417. The van der Waals surface area contributed by atoms with Gasteiger partial charge in [0.2, 0.25) is 10.0 Å². The average Bonchev–Trinajstić information content (AvgIpc) is 2.47. The SMILES string of the molecule is COc1ccc(S(=O)(=O)N2CCSCC2C(=O)O)cc1Br. The minimum Gasteiger partial charge on any atom is -0.496 e. The van der Waals surface area contributed by atoms with E-state index in [2.05, 4.69) is 15.9 Å². The number of thioether (sulfide) groups is 1. The molecule has 2 rings (SSSR count). The van der Waals surface area contributed by atoms with Gasteiger partial charge in [-0.3, -0.25) is 4.79 Å². The molecule has 1 aliphatic rings. The molecular weight excluding hydrogens is 382 g/mol. The second kappa shape index (κ2) is 6.55. The fourth-order valence-electron chi connectivity index (χ4n) is 2.01. The lowest BCUT2D eigenvalue weighted by Crippen LogP contribution is -2.50. The maximum absolute atomic E-state index is 12.6. The molecule has 0 amide bonds. The summed E-state index contributed by atoms with van der Waals surface area (Å²) in [7, 11) is -2.37. The number of hydrogen-bond acceptors (Lipinski definition) is 5. The van der Waals surface area contributed by atoms with E-state index in [4.69, 9.17) is 4.74 Å². The Morgan fingerprint density at radius 2 is 2.24 bits per heavy atom. The number of hydrogen-bond donors (Lipinski definition) is 1. The molecule has 116 valence electrons. The molecule has 1 atom stereocenters. The lowest BCUT2D eigenvalue weighted by atomic mass is 10.3. The molecule has 0 bridgehead atoms. The van der Waals surface area contributed by atoms with E-state index in [0.717, 1.165) is 4.31 Å². The highest BCUT2D eigenvalue weighted by Crippen LogP contribution is 2.30. The van der Waals surface area contributed by atoms with Gasteiger partial charge in [-0.1, -0.05) is 0 Å². The van der Waals surface area contributed by atoms with Gasteiger partial charge >= 0.3 is 5.97 Å². The Balaban J connectivity index is 2.40. The van der Waals surface area contributed by atoms with E-state index in [-0.39, 0.29) is 17.2 Å². The average molecular weight is 396 g/mol. The first-order chi connectivity index (χ1) is 9.87. The quantitative estimate of drug-likeness (QED) is 0.833. The van der Waals surface area contributed by atoms with Gasteiger partial charge in [0.25, 0.3) is 0 Å². The molecule has 1 heterocycles. The van der Waals surface area contributed by atoms with Gasteiger partial charge in [-0.25, -0.2) is 8.42 Å². The Hall–Kier alpha value is -0.770. The van der Waals surface area contributed by atoms with Gasteiger partial charge in [0.05, 0.1) is 16.5 Å². The van der Waals surface area contributed by atoms with Crippen LogP contribution in [-0.4, -0.2) is 55.0 Å². The minimum absolute atomic E-state index is 0.0494. The monoisotopic (exact) mass is 395 g/mol. The fourth-order valence-corrected chi connectivity index (χ4v) is 5.56. The van der Waals surface area contributed by atoms with E-state index < -0.39 is 22.0 Å². The Bertz CT molecular complexity index is 649. The molecule has 6 nitrogen and oxygen atoms in total. The molecule has 0 saturated carbocycles. The normalized spacial score (nSPS) is 20.2. The standard InChI is InChI=1S/C12H14BrNO5S2/c1-19-11-3-2-8(6-9(11)13)21(17,18)14-4-5-20-7-10(14)12(15)16/h2-3,6,10H,4-5,7H2,1H3,(H,15,16). The summed E-state index contributed by atoms with van der Waals surface area (Å²) in [5.41, 5.74) is 0. The number of carbonyl (C=O) groups is 1. The van der Waals surface area contributed by atoms with Gasteiger partial charge < -0.3 is 9.84 Å². The van der Waals surface area contributed by atoms with Crippen LogP contribution in [-0.2, 0) is 14.8 Å². The number of aliphatic carboxylic acids is 1. The summed E-state index contributed by atoms with van der Waals surface area (Å²) in [4.78, 5) is 11.3. The number of sulfonamides is 1. The highest BCUT2D eigenvalue weighted by molar-refractivity contribution is 9.10. The van der Waals surface area contributed by atoms with Crippen molar-refractivity contribution < 1.29 is 23.1 Å². The van der Waals surface area contributed by atoms with Crippen LogP contribution >= 0.6 is 27.7 Å². The van der Waals surface area contributed by atoms with Crippen molar-refractivity contribution in [1.82, 2.24) is 4.31 Å². The maximum atomic E-state index is 12.6. The summed E-state index contributed by atoms with van der Waals surface area (Å²) in [6.45, 7) is 0.188. The van der Waals surface area contributed by atoms with Crippen molar-refractivity contribution in [3.05, 3.63) is 22.7 Å². The van der Waals surface area contributed by atoms with Gasteiger partial charge in [0.15, 0.2) is 0 Å². The summed E-state index contributed by atoms with van der Waals surface area (Å²) in [5.74, 6) is 0.225. The van der Waals surface area contributed by atoms with Crippen LogP contribution in [0.1, 0.15) is 0 Å². The van der Waals surface area contributed by atoms with Crippen molar-refractivity contribution >= 4 is 43.7 Å². The second-order valence-electron chi connectivity index (χ2n) is 4.34. The smallest absolute Gasteiger partial charge is 0.322 e. The predicted octanol–water partition coefficient (Wildman–Crippen LogP) is 1.65. The van der Waals surface area contributed by atoms with Crippen LogP contribution in [0.2, 0.25) is 0 Å². The lowest BCUT2D eigenvalue weighted by Gasteiger charge is -2.31. The summed E-state index contributed by atoms with van der Waals surface area (Å²) in [6.07, 6.45) is 0. The van der Waals surface area contributed by atoms with Crippen LogP contribution in [0.4, 0.5) is 0 Å². The number of methoxy groups -OCH3 is 1. The number of carboxylic acids is 1. The number of nitrogens with zero attached hydrogens (tertiary/aromatic N) is 1. The van der Waals surface area contributed by atoms with E-state index >= 15 is 0 Å². The molecule has 0 aromatic heterocycles. The Labute approximate surface area is 135 Å². The molecule has 1 aliphatic heterocycles. The van der Waals surface area contributed by atoms with Gasteiger partial charge in [0.1, 0.15) is 11.8 Å². The van der Waals surface area contributed by atoms with Crippen molar-refractivity contribution in [1.29, 1.82) is 0 Å². The van der Waals surface area contributed by atoms with E-state index in [0.29, 0.717) is 16.0 Å². The molecule has 1 aromatic carbocycles. The summed E-state index contributed by atoms with van der Waals surface area (Å²) in [6, 6.07) is 3.34. The summed E-state index contributed by atoms with van der Waals surface area (Å²) >= 11 is 4.68. The van der Waals surface area contributed by atoms with Crippen LogP contribution in [0.5, 0.6) is 5.75 Å². The van der Waals surface area contributed by atoms with E-state index in [1.165, 1.54) is 37.1 Å². The van der Waals surface area contributed by atoms with E-state index in [9.17, 15) is 18.3 Å². The number of halogens is 1. The number of rotatable bonds is 4. The number of benzene rings is 1. The van der Waals surface area contributed by atoms with Crippen molar-refractivity contribution in [2.75, 3.05) is 25.2 Å². The third-order valence-electron chi connectivity index (χ3n) is 3.09. The zero-order valence-corrected chi connectivity index (χ0v) is 14.4. The largest absolute Gasteiger partial charge is 0.496 e. The minimum atomic E-state index is -3.85. The van der Waals surface area contributed by atoms with Gasteiger partial charge in [-0.15, -0.1) is 0 Å². The van der Waals surface area contributed by atoms with E-state index in [1.807, 2.05) is 0 Å². The predicted molar refractivity (Wildman–Crippen MR) is 83.3 cm³/mol. The topological polar surface area (TPSA) is 83.9 Å². The highest BCUT2D eigenvalue weighted by atomic mass is 79.9. The van der Waals surface area contributed by atoms with Crippen LogP contribution in [0.25, 0.3) is 0 Å². The van der Waals surface area contributed by atoms with Crippen LogP contribution in [0, 0.1) is 0 Å². The van der Waals surface area contributed by atoms with Crippen LogP contribution in [0.15, 0.2) is 27.6 Å². The van der Waals surface area contributed by atoms with Crippen molar-refractivity contribution in [2.24, 2.45) is 0 Å². The molecule has 1 unspecified atom stereocenters. The molecule has 1 fully saturated rings. The first kappa shape index (κ1) is 16.6. The molecule has 0 aliphatic carbocycles.